The molecule has 3 rings (SSSR count). The fraction of sp³-hybridized carbons (Fsp3) is 0.409. The second-order valence-electron chi connectivity index (χ2n) is 7.63. The van der Waals surface area contributed by atoms with Crippen LogP contribution in [0.2, 0.25) is 0 Å². The molecule has 0 saturated heterocycles. The van der Waals surface area contributed by atoms with E-state index in [4.69, 9.17) is 0 Å². The van der Waals surface area contributed by atoms with Crippen molar-refractivity contribution in [1.82, 2.24) is 10.0 Å². The van der Waals surface area contributed by atoms with E-state index < -0.39 is 10.0 Å². The molecule has 2 aromatic carbocycles. The summed E-state index contributed by atoms with van der Waals surface area (Å²) in [5.74, 6) is -0.223. The van der Waals surface area contributed by atoms with Crippen molar-refractivity contribution in [2.24, 2.45) is 0 Å². The van der Waals surface area contributed by atoms with Gasteiger partial charge in [0.15, 0.2) is 0 Å². The van der Waals surface area contributed by atoms with Gasteiger partial charge in [0, 0.05) is 37.4 Å². The van der Waals surface area contributed by atoms with Crippen molar-refractivity contribution >= 4 is 21.6 Å². The van der Waals surface area contributed by atoms with Gasteiger partial charge in [-0.1, -0.05) is 19.1 Å². The van der Waals surface area contributed by atoms with Crippen molar-refractivity contribution in [3.63, 3.8) is 0 Å². The minimum absolute atomic E-state index is 0.139. The zero-order valence-corrected chi connectivity index (χ0v) is 18.1. The Morgan fingerprint density at radius 1 is 1.17 bits per heavy atom. The number of anilines is 1. The van der Waals surface area contributed by atoms with Gasteiger partial charge in [0.2, 0.25) is 10.0 Å². The number of rotatable bonds is 7. The van der Waals surface area contributed by atoms with Gasteiger partial charge in [0.05, 0.1) is 4.90 Å². The summed E-state index contributed by atoms with van der Waals surface area (Å²) in [6.45, 7) is 5.24. The zero-order chi connectivity index (χ0) is 21.0. The molecule has 0 spiro atoms. The summed E-state index contributed by atoms with van der Waals surface area (Å²) in [6.07, 6.45) is 2.90. The van der Waals surface area contributed by atoms with Crippen LogP contribution in [-0.2, 0) is 23.0 Å². The molecule has 1 amide bonds. The highest BCUT2D eigenvalue weighted by atomic mass is 32.2. The zero-order valence-electron chi connectivity index (χ0n) is 17.2. The van der Waals surface area contributed by atoms with Crippen LogP contribution < -0.4 is 14.9 Å². The lowest BCUT2D eigenvalue weighted by Gasteiger charge is -2.27. The average molecular weight is 416 g/mol. The van der Waals surface area contributed by atoms with E-state index in [-0.39, 0.29) is 16.8 Å². The van der Waals surface area contributed by atoms with E-state index in [1.54, 1.807) is 12.1 Å². The van der Waals surface area contributed by atoms with Crippen LogP contribution in [0.1, 0.15) is 48.2 Å². The summed E-state index contributed by atoms with van der Waals surface area (Å²) in [5, 5.41) is 2.92. The second-order valence-corrected chi connectivity index (χ2v) is 9.34. The lowest BCUT2D eigenvalue weighted by atomic mass is 9.99. The van der Waals surface area contributed by atoms with Gasteiger partial charge in [-0.3, -0.25) is 4.79 Å². The first-order chi connectivity index (χ1) is 13.8. The molecule has 7 heteroatoms. The molecule has 2 N–H and O–H groups in total. The van der Waals surface area contributed by atoms with Crippen LogP contribution in [-0.4, -0.2) is 34.0 Å². The topological polar surface area (TPSA) is 78.5 Å². The van der Waals surface area contributed by atoms with E-state index in [1.807, 2.05) is 19.9 Å². The second kappa shape index (κ2) is 8.97. The molecular weight excluding hydrogens is 386 g/mol. The standard InChI is InChI=1S/C22H29N3O3S/c1-4-16(2)24-29(27,28)20-10-8-18(9-11-20)22(26)23-15-17-7-12-21-19(14-17)6-5-13-25(21)3/h7-12,14,16,24H,4-6,13,15H2,1-3H3,(H,23,26). The molecule has 1 heterocycles. The van der Waals surface area contributed by atoms with Crippen molar-refractivity contribution in [2.45, 2.75) is 50.6 Å². The van der Waals surface area contributed by atoms with E-state index in [0.29, 0.717) is 18.5 Å². The highest BCUT2D eigenvalue weighted by Crippen LogP contribution is 2.26. The number of carbonyl (C=O) groups excluding carboxylic acids is 1. The number of carbonyl (C=O) groups is 1. The van der Waals surface area contributed by atoms with Crippen LogP contribution in [0, 0.1) is 0 Å². The smallest absolute Gasteiger partial charge is 0.251 e. The molecule has 29 heavy (non-hydrogen) atoms. The van der Waals surface area contributed by atoms with E-state index in [1.165, 1.54) is 23.4 Å². The van der Waals surface area contributed by atoms with Crippen molar-refractivity contribution in [1.29, 1.82) is 0 Å². The number of fused-ring (bicyclic) bond motifs is 1. The van der Waals surface area contributed by atoms with Crippen molar-refractivity contribution in [3.8, 4) is 0 Å². The molecule has 1 aliphatic heterocycles. The lowest BCUT2D eigenvalue weighted by Crippen LogP contribution is -2.32. The highest BCUT2D eigenvalue weighted by molar-refractivity contribution is 7.89. The van der Waals surface area contributed by atoms with E-state index in [2.05, 4.69) is 34.1 Å². The molecule has 0 radical (unpaired) electrons. The molecule has 0 saturated carbocycles. The van der Waals surface area contributed by atoms with Crippen LogP contribution in [0.25, 0.3) is 0 Å². The minimum Gasteiger partial charge on any atom is -0.374 e. The maximum absolute atomic E-state index is 12.5. The van der Waals surface area contributed by atoms with Crippen molar-refractivity contribution in [2.75, 3.05) is 18.5 Å². The molecule has 1 aliphatic rings. The third-order valence-corrected chi connectivity index (χ3v) is 6.95. The molecule has 2 aromatic rings. The Balaban J connectivity index is 1.63. The molecular formula is C22H29N3O3S. The third-order valence-electron chi connectivity index (χ3n) is 5.34. The lowest BCUT2D eigenvalue weighted by molar-refractivity contribution is 0.0951. The number of nitrogens with one attached hydrogen (secondary N) is 2. The van der Waals surface area contributed by atoms with Gasteiger partial charge in [0.1, 0.15) is 0 Å². The molecule has 1 atom stereocenters. The monoisotopic (exact) mass is 415 g/mol. The Morgan fingerprint density at radius 2 is 1.90 bits per heavy atom. The van der Waals surface area contributed by atoms with Gasteiger partial charge in [-0.15, -0.1) is 0 Å². The summed E-state index contributed by atoms with van der Waals surface area (Å²) in [4.78, 5) is 14.9. The fourth-order valence-corrected chi connectivity index (χ4v) is 4.76. The predicted molar refractivity (Wildman–Crippen MR) is 116 cm³/mol. The Bertz CT molecular complexity index is 971. The number of benzene rings is 2. The SMILES string of the molecule is CCC(C)NS(=O)(=O)c1ccc(C(=O)NCc2ccc3c(c2)CCCN3C)cc1. The molecule has 0 aliphatic carbocycles. The summed E-state index contributed by atoms with van der Waals surface area (Å²) < 4.78 is 27.3. The van der Waals surface area contributed by atoms with Gasteiger partial charge in [-0.2, -0.15) is 0 Å². The van der Waals surface area contributed by atoms with Crippen LogP contribution in [0.4, 0.5) is 5.69 Å². The maximum atomic E-state index is 12.5. The maximum Gasteiger partial charge on any atom is 0.251 e. The summed E-state index contributed by atoms with van der Waals surface area (Å²) in [6, 6.07) is 12.2. The van der Waals surface area contributed by atoms with Crippen molar-refractivity contribution in [3.05, 3.63) is 59.2 Å². The Kier molecular flexibility index (Phi) is 6.59. The van der Waals surface area contributed by atoms with Crippen LogP contribution in [0.3, 0.4) is 0 Å². The van der Waals surface area contributed by atoms with Crippen LogP contribution in [0.5, 0.6) is 0 Å². The number of aryl methyl sites for hydroxylation is 1. The quantitative estimate of drug-likeness (QED) is 0.728. The van der Waals surface area contributed by atoms with Gasteiger partial charge >= 0.3 is 0 Å². The largest absolute Gasteiger partial charge is 0.374 e. The van der Waals surface area contributed by atoms with Gasteiger partial charge < -0.3 is 10.2 Å². The van der Waals surface area contributed by atoms with Gasteiger partial charge in [-0.25, -0.2) is 13.1 Å². The Labute approximate surface area is 173 Å². The number of amides is 1. The van der Waals surface area contributed by atoms with E-state index in [9.17, 15) is 13.2 Å². The molecule has 0 aromatic heterocycles. The number of nitrogens with zero attached hydrogens (tertiary/aromatic N) is 1. The molecule has 0 fully saturated rings. The van der Waals surface area contributed by atoms with Gasteiger partial charge in [-0.05, 0) is 67.6 Å². The highest BCUT2D eigenvalue weighted by Gasteiger charge is 2.17. The van der Waals surface area contributed by atoms with E-state index in [0.717, 1.165) is 24.9 Å². The molecule has 6 nitrogen and oxygen atoms in total. The summed E-state index contributed by atoms with van der Waals surface area (Å²) in [7, 11) is -1.47. The Morgan fingerprint density at radius 3 is 2.59 bits per heavy atom. The first kappa shape index (κ1) is 21.3. The normalized spacial score (nSPS) is 14.9. The third kappa shape index (κ3) is 5.16. The predicted octanol–water partition coefficient (Wildman–Crippen LogP) is 3.08. The van der Waals surface area contributed by atoms with Crippen LogP contribution in [0.15, 0.2) is 47.4 Å². The van der Waals surface area contributed by atoms with E-state index >= 15 is 0 Å². The first-order valence-corrected chi connectivity index (χ1v) is 11.5. The summed E-state index contributed by atoms with van der Waals surface area (Å²) in [5.41, 5.74) is 4.07. The number of hydrogen-bond donors (Lipinski definition) is 2. The first-order valence-electron chi connectivity index (χ1n) is 10.0. The molecule has 156 valence electrons. The number of sulfonamides is 1. The van der Waals surface area contributed by atoms with Gasteiger partial charge in [0.25, 0.3) is 5.91 Å². The number of hydrogen-bond acceptors (Lipinski definition) is 4. The Hall–Kier alpha value is -2.38. The van der Waals surface area contributed by atoms with Crippen molar-refractivity contribution < 1.29 is 13.2 Å². The minimum atomic E-state index is -3.57. The molecule has 0 bridgehead atoms. The van der Waals surface area contributed by atoms with Crippen LogP contribution >= 0.6 is 0 Å². The summed E-state index contributed by atoms with van der Waals surface area (Å²) >= 11 is 0. The fourth-order valence-electron chi connectivity index (χ4n) is 3.43. The average Bonchev–Trinajstić information content (AvgIpc) is 2.71. The molecule has 1 unspecified atom stereocenters.